The fraction of sp³-hybridized carbons (Fsp3) is 0.583. The predicted molar refractivity (Wildman–Crippen MR) is 241 cm³/mol. The zero-order valence-electron chi connectivity index (χ0n) is 37.6. The minimum Gasteiger partial charge on any atom is -0.460 e. The maximum Gasteiger partial charge on any atom is 0.407 e. The molecule has 4 rings (SSSR count). The van der Waals surface area contributed by atoms with E-state index in [4.69, 9.17) is 56.8 Å². The van der Waals surface area contributed by atoms with E-state index in [-0.39, 0.29) is 25.1 Å². The molecule has 0 fully saturated rings. The zero-order valence-corrected chi connectivity index (χ0v) is 37.6. The molecule has 0 saturated carbocycles. The lowest BCUT2D eigenvalue weighted by Gasteiger charge is -2.14. The largest absolute Gasteiger partial charge is 0.460 e. The predicted octanol–water partition coefficient (Wildman–Crippen LogP) is 5.76. The van der Waals surface area contributed by atoms with E-state index in [9.17, 15) is 9.59 Å². The second-order valence-electron chi connectivity index (χ2n) is 14.4. The van der Waals surface area contributed by atoms with Crippen molar-refractivity contribution < 1.29 is 66.4 Å². The summed E-state index contributed by atoms with van der Waals surface area (Å²) in [4.78, 5) is 24.4. The number of benzene rings is 3. The number of carbonyl (C=O) groups is 2. The number of carbonyl (C=O) groups excluding carboxylic acids is 2. The molecular weight excluding hydrogens is 829 g/mol. The Labute approximate surface area is 378 Å². The summed E-state index contributed by atoms with van der Waals surface area (Å²) in [6.07, 6.45) is 1.78. The molecule has 0 spiro atoms. The van der Waals surface area contributed by atoms with E-state index in [1.165, 1.54) is 22.3 Å². The van der Waals surface area contributed by atoms with E-state index in [0.29, 0.717) is 144 Å². The summed E-state index contributed by atoms with van der Waals surface area (Å²) in [5.74, 6) is -0.335. The van der Waals surface area contributed by atoms with E-state index in [1.54, 1.807) is 12.1 Å². The number of hydrogen-bond acceptors (Lipinski definition) is 15. The van der Waals surface area contributed by atoms with Crippen molar-refractivity contribution >= 4 is 17.7 Å². The van der Waals surface area contributed by atoms with Crippen LogP contribution >= 0.6 is 0 Å². The van der Waals surface area contributed by atoms with Crippen LogP contribution in [0.1, 0.15) is 47.2 Å². The molecule has 64 heavy (non-hydrogen) atoms. The van der Waals surface area contributed by atoms with Crippen LogP contribution < -0.4 is 10.6 Å². The molecule has 0 aliphatic heterocycles. The summed E-state index contributed by atoms with van der Waals surface area (Å²) < 4.78 is 65.9. The summed E-state index contributed by atoms with van der Waals surface area (Å²) in [7, 11) is 0. The molecule has 1 aliphatic rings. The van der Waals surface area contributed by atoms with Gasteiger partial charge in [0.2, 0.25) is 0 Å². The van der Waals surface area contributed by atoms with Crippen LogP contribution in [-0.2, 0) is 56.8 Å². The van der Waals surface area contributed by atoms with Gasteiger partial charge in [-0.3, -0.25) is 0 Å². The average Bonchev–Trinajstić information content (AvgIpc) is 3.64. The molecule has 16 nitrogen and oxygen atoms in total. The summed E-state index contributed by atoms with van der Waals surface area (Å²) >= 11 is 0. The van der Waals surface area contributed by atoms with Gasteiger partial charge < -0.3 is 67.5 Å². The Morgan fingerprint density at radius 2 is 0.844 bits per heavy atom. The second kappa shape index (κ2) is 35.1. The number of alkyl carbamates (subject to hydrolysis) is 1. The number of rotatable bonds is 40. The van der Waals surface area contributed by atoms with Crippen molar-refractivity contribution in [2.75, 3.05) is 164 Å². The van der Waals surface area contributed by atoms with Gasteiger partial charge in [-0.2, -0.15) is 0 Å². The molecule has 356 valence electrons. The highest BCUT2D eigenvalue weighted by Gasteiger charge is 2.29. The van der Waals surface area contributed by atoms with Crippen molar-refractivity contribution in [3.8, 4) is 11.1 Å². The molecular formula is C48H70N2O14. The van der Waals surface area contributed by atoms with Gasteiger partial charge in [-0.25, -0.2) is 9.59 Å². The van der Waals surface area contributed by atoms with Crippen LogP contribution in [-0.4, -0.2) is 171 Å². The summed E-state index contributed by atoms with van der Waals surface area (Å²) in [6.45, 7) is 12.8. The molecule has 1 aliphatic carbocycles. The molecule has 0 atom stereocenters. The highest BCUT2D eigenvalue weighted by Crippen LogP contribution is 2.44. The third-order valence-electron chi connectivity index (χ3n) is 9.65. The quantitative estimate of drug-likeness (QED) is 0.0522. The van der Waals surface area contributed by atoms with E-state index >= 15 is 0 Å². The normalized spacial score (nSPS) is 12.0. The average molecular weight is 899 g/mol. The fourth-order valence-corrected chi connectivity index (χ4v) is 6.37. The molecule has 3 aromatic carbocycles. The van der Waals surface area contributed by atoms with Crippen molar-refractivity contribution in [2.45, 2.75) is 25.7 Å². The lowest BCUT2D eigenvalue weighted by Crippen LogP contribution is -2.29. The van der Waals surface area contributed by atoms with Crippen molar-refractivity contribution in [3.63, 3.8) is 0 Å². The van der Waals surface area contributed by atoms with Gasteiger partial charge in [-0.15, -0.1) is 0 Å². The Kier molecular flexibility index (Phi) is 28.8. The molecule has 0 aromatic heterocycles. The van der Waals surface area contributed by atoms with Gasteiger partial charge in [0.1, 0.15) is 13.2 Å². The number of ether oxygens (including phenoxy) is 12. The minimum absolute atomic E-state index is 0.0312. The molecule has 1 amide bonds. The third kappa shape index (κ3) is 22.6. The van der Waals surface area contributed by atoms with Gasteiger partial charge >= 0.3 is 12.1 Å². The van der Waals surface area contributed by atoms with E-state index in [1.807, 2.05) is 36.4 Å². The Hall–Kier alpha value is -4.20. The topological polar surface area (TPSA) is 169 Å². The molecule has 3 aromatic rings. The first-order valence-corrected chi connectivity index (χ1v) is 22.5. The van der Waals surface area contributed by atoms with Gasteiger partial charge in [0, 0.05) is 24.7 Å². The standard InChI is InChI=1S/C48H70N2O14/c1-2-3-16-49-41-14-12-40(13-15-41)47(51)63-38-37-62-36-35-61-34-33-60-32-31-59-30-29-58-28-27-57-26-25-56-24-23-55-22-21-54-20-19-53-18-17-50-48(52)64-39-46-44-10-6-4-8-42(44)43-9-5-7-11-45(43)46/h4-15,46,49H,2-3,16-39H2,1H3,(H,50,52). The Morgan fingerprint density at radius 3 is 1.27 bits per heavy atom. The summed E-state index contributed by atoms with van der Waals surface area (Å²) in [6, 6.07) is 23.8. The van der Waals surface area contributed by atoms with Gasteiger partial charge in [-0.1, -0.05) is 61.9 Å². The highest BCUT2D eigenvalue weighted by atomic mass is 16.6. The van der Waals surface area contributed by atoms with E-state index in [2.05, 4.69) is 41.8 Å². The first kappa shape index (κ1) is 52.4. The van der Waals surface area contributed by atoms with Crippen LogP contribution in [0.4, 0.5) is 10.5 Å². The van der Waals surface area contributed by atoms with Crippen LogP contribution in [0.25, 0.3) is 11.1 Å². The maximum absolute atomic E-state index is 12.3. The minimum atomic E-state index is -0.457. The Balaban J connectivity index is 0.775. The van der Waals surface area contributed by atoms with Crippen LogP contribution in [0.3, 0.4) is 0 Å². The second-order valence-corrected chi connectivity index (χ2v) is 14.4. The van der Waals surface area contributed by atoms with Crippen molar-refractivity contribution in [3.05, 3.63) is 89.5 Å². The fourth-order valence-electron chi connectivity index (χ4n) is 6.37. The number of anilines is 1. The number of unbranched alkanes of at least 4 members (excludes halogenated alkanes) is 1. The summed E-state index contributed by atoms with van der Waals surface area (Å²) in [5, 5.41) is 6.06. The molecule has 0 unspecified atom stereocenters. The van der Waals surface area contributed by atoms with Crippen LogP contribution in [0.2, 0.25) is 0 Å². The van der Waals surface area contributed by atoms with Crippen LogP contribution in [0, 0.1) is 0 Å². The highest BCUT2D eigenvalue weighted by molar-refractivity contribution is 5.89. The molecule has 0 bridgehead atoms. The molecule has 0 radical (unpaired) electrons. The number of esters is 1. The van der Waals surface area contributed by atoms with Gasteiger partial charge in [0.05, 0.1) is 138 Å². The third-order valence-corrected chi connectivity index (χ3v) is 9.65. The van der Waals surface area contributed by atoms with Crippen molar-refractivity contribution in [1.82, 2.24) is 5.32 Å². The lowest BCUT2D eigenvalue weighted by atomic mass is 9.98. The summed E-state index contributed by atoms with van der Waals surface area (Å²) in [5.41, 5.74) is 6.26. The van der Waals surface area contributed by atoms with Crippen molar-refractivity contribution in [1.29, 1.82) is 0 Å². The molecule has 0 heterocycles. The van der Waals surface area contributed by atoms with Gasteiger partial charge in [0.15, 0.2) is 0 Å². The van der Waals surface area contributed by atoms with E-state index < -0.39 is 6.09 Å². The smallest absolute Gasteiger partial charge is 0.407 e. The zero-order chi connectivity index (χ0) is 45.0. The van der Waals surface area contributed by atoms with Crippen LogP contribution in [0.15, 0.2) is 72.8 Å². The Morgan fingerprint density at radius 1 is 0.453 bits per heavy atom. The molecule has 0 saturated heterocycles. The van der Waals surface area contributed by atoms with Gasteiger partial charge in [-0.05, 0) is 52.9 Å². The number of fused-ring (bicyclic) bond motifs is 3. The van der Waals surface area contributed by atoms with Crippen LogP contribution in [0.5, 0.6) is 0 Å². The first-order chi connectivity index (χ1) is 31.7. The first-order valence-electron chi connectivity index (χ1n) is 22.5. The van der Waals surface area contributed by atoms with Crippen molar-refractivity contribution in [2.24, 2.45) is 0 Å². The molecule has 2 N–H and O–H groups in total. The monoisotopic (exact) mass is 898 g/mol. The van der Waals surface area contributed by atoms with E-state index in [0.717, 1.165) is 25.1 Å². The number of amides is 1. The maximum atomic E-state index is 12.3. The number of nitrogens with one attached hydrogen (secondary N) is 2. The number of hydrogen-bond donors (Lipinski definition) is 2. The Bertz CT molecular complexity index is 1600. The van der Waals surface area contributed by atoms with Gasteiger partial charge in [0.25, 0.3) is 0 Å². The SMILES string of the molecule is CCCCNc1ccc(C(=O)OCCOCCOCCOCCOCCOCCOCCOCCOCCOCCOCCNC(=O)OCC2c3ccccc3-c3ccccc32)cc1. The lowest BCUT2D eigenvalue weighted by molar-refractivity contribution is -0.0270. The molecule has 16 heteroatoms.